The van der Waals surface area contributed by atoms with E-state index < -0.39 is 12.0 Å². The molecule has 0 aliphatic carbocycles. The molecular formula is C33H30Cl2N2O5S. The van der Waals surface area contributed by atoms with Gasteiger partial charge in [-0.2, -0.15) is 0 Å². The Labute approximate surface area is 263 Å². The van der Waals surface area contributed by atoms with Crippen LogP contribution in [0.2, 0.25) is 10.0 Å². The van der Waals surface area contributed by atoms with Gasteiger partial charge in [-0.1, -0.05) is 70.9 Å². The summed E-state index contributed by atoms with van der Waals surface area (Å²) in [4.78, 5) is 32.6. The highest BCUT2D eigenvalue weighted by atomic mass is 35.5. The number of nitrogens with zero attached hydrogens (tertiary/aromatic N) is 2. The molecule has 1 aliphatic heterocycles. The third-order valence-electron chi connectivity index (χ3n) is 6.68. The van der Waals surface area contributed by atoms with Crippen molar-refractivity contribution in [1.29, 1.82) is 0 Å². The number of thiazole rings is 1. The summed E-state index contributed by atoms with van der Waals surface area (Å²) >= 11 is 13.5. The molecule has 0 spiro atoms. The van der Waals surface area contributed by atoms with Crippen LogP contribution >= 0.6 is 34.5 Å². The van der Waals surface area contributed by atoms with E-state index in [1.807, 2.05) is 61.5 Å². The van der Waals surface area contributed by atoms with Crippen molar-refractivity contribution in [3.63, 3.8) is 0 Å². The van der Waals surface area contributed by atoms with Crippen molar-refractivity contribution >= 4 is 46.6 Å². The van der Waals surface area contributed by atoms with Crippen LogP contribution in [-0.4, -0.2) is 23.2 Å². The minimum absolute atomic E-state index is 0.265. The van der Waals surface area contributed by atoms with Crippen molar-refractivity contribution in [3.8, 4) is 11.5 Å². The first-order valence-corrected chi connectivity index (χ1v) is 15.4. The molecule has 5 rings (SSSR count). The Morgan fingerprint density at radius 2 is 1.79 bits per heavy atom. The van der Waals surface area contributed by atoms with E-state index in [0.29, 0.717) is 48.8 Å². The number of allylic oxidation sites excluding steroid dienone is 1. The van der Waals surface area contributed by atoms with Gasteiger partial charge in [-0.05, 0) is 75.2 Å². The van der Waals surface area contributed by atoms with Gasteiger partial charge in [0.25, 0.3) is 5.56 Å². The average molecular weight is 638 g/mol. The molecule has 0 N–H and O–H groups in total. The van der Waals surface area contributed by atoms with E-state index in [-0.39, 0.29) is 18.3 Å². The van der Waals surface area contributed by atoms with Gasteiger partial charge in [-0.3, -0.25) is 9.36 Å². The van der Waals surface area contributed by atoms with Crippen molar-refractivity contribution in [1.82, 2.24) is 4.57 Å². The maximum atomic E-state index is 14.0. The van der Waals surface area contributed by atoms with Gasteiger partial charge in [-0.15, -0.1) is 0 Å². The lowest BCUT2D eigenvalue weighted by molar-refractivity contribution is -0.143. The van der Waals surface area contributed by atoms with Crippen molar-refractivity contribution in [3.05, 3.63) is 124 Å². The molecule has 0 saturated heterocycles. The highest BCUT2D eigenvalue weighted by Crippen LogP contribution is 2.32. The third-order valence-corrected chi connectivity index (χ3v) is 8.40. The van der Waals surface area contributed by atoms with Gasteiger partial charge < -0.3 is 14.2 Å². The third kappa shape index (κ3) is 6.72. The van der Waals surface area contributed by atoms with Gasteiger partial charge >= 0.3 is 5.97 Å². The minimum Gasteiger partial charge on any atom is -0.494 e. The fourth-order valence-electron chi connectivity index (χ4n) is 4.75. The van der Waals surface area contributed by atoms with Gasteiger partial charge in [0.2, 0.25) is 0 Å². The molecule has 0 amide bonds. The van der Waals surface area contributed by atoms with Crippen LogP contribution < -0.4 is 24.4 Å². The number of rotatable bonds is 9. The Hall–Kier alpha value is -3.85. The van der Waals surface area contributed by atoms with Crippen molar-refractivity contribution < 1.29 is 19.0 Å². The van der Waals surface area contributed by atoms with Gasteiger partial charge in [-0.25, -0.2) is 9.79 Å². The normalized spacial score (nSPS) is 14.9. The zero-order valence-electron chi connectivity index (χ0n) is 24.1. The number of fused-ring (bicyclic) bond motifs is 1. The highest BCUT2D eigenvalue weighted by molar-refractivity contribution is 7.07. The first kappa shape index (κ1) is 30.6. The second-order valence-electron chi connectivity index (χ2n) is 10.1. The van der Waals surface area contributed by atoms with Crippen molar-refractivity contribution in [2.75, 3.05) is 6.61 Å². The lowest BCUT2D eigenvalue weighted by Crippen LogP contribution is -2.40. The first-order chi connectivity index (χ1) is 20.7. The Morgan fingerprint density at radius 3 is 2.49 bits per heavy atom. The smallest absolute Gasteiger partial charge is 0.338 e. The summed E-state index contributed by atoms with van der Waals surface area (Å²) in [6.45, 7) is 8.04. The zero-order chi connectivity index (χ0) is 30.7. The number of carbonyl (C=O) groups excluding carboxylic acids is 1. The number of hydrogen-bond acceptors (Lipinski definition) is 7. The second-order valence-corrected chi connectivity index (χ2v) is 11.9. The Balaban J connectivity index is 1.57. The number of esters is 1. The van der Waals surface area contributed by atoms with Gasteiger partial charge in [0.05, 0.1) is 44.6 Å². The molecule has 0 saturated carbocycles. The molecule has 7 nitrogen and oxygen atoms in total. The van der Waals surface area contributed by atoms with E-state index in [1.54, 1.807) is 43.5 Å². The molecule has 3 aromatic carbocycles. The number of halogens is 2. The molecular weight excluding hydrogens is 607 g/mol. The molecule has 0 unspecified atom stereocenters. The van der Waals surface area contributed by atoms with Crippen LogP contribution in [0.25, 0.3) is 6.08 Å². The van der Waals surface area contributed by atoms with Crippen LogP contribution in [0.4, 0.5) is 0 Å². The molecule has 0 bridgehead atoms. The minimum atomic E-state index is -0.721. The molecule has 0 radical (unpaired) electrons. The lowest BCUT2D eigenvalue weighted by atomic mass is 9.96. The molecule has 4 aromatic rings. The molecule has 222 valence electrons. The van der Waals surface area contributed by atoms with Crippen LogP contribution in [-0.2, 0) is 16.1 Å². The molecule has 1 atom stereocenters. The Morgan fingerprint density at radius 1 is 1.05 bits per heavy atom. The standard InChI is InChI=1S/C33H30Cl2N2O5S/c1-5-40-24-13-11-22(12-14-24)30-29(32(39)42-19(2)3)20(4)36-33-37(30)31(38)28(43-33)17-23-8-6-7-9-27(23)41-18-21-10-15-25(34)26(35)16-21/h6-17,19,30H,5,18H2,1-4H3/b28-17+/t30-/m0/s1. The number of carbonyl (C=O) groups is 1. The summed E-state index contributed by atoms with van der Waals surface area (Å²) in [5, 5.41) is 0.923. The molecule has 1 aliphatic rings. The topological polar surface area (TPSA) is 79.1 Å². The molecule has 2 heterocycles. The largest absolute Gasteiger partial charge is 0.494 e. The molecule has 0 fully saturated rings. The van der Waals surface area contributed by atoms with Gasteiger partial charge in [0.15, 0.2) is 4.80 Å². The first-order valence-electron chi connectivity index (χ1n) is 13.8. The van der Waals surface area contributed by atoms with Gasteiger partial charge in [0.1, 0.15) is 18.1 Å². The van der Waals surface area contributed by atoms with Gasteiger partial charge in [0, 0.05) is 5.56 Å². The summed E-state index contributed by atoms with van der Waals surface area (Å²) < 4.78 is 19.3. The molecule has 1 aromatic heterocycles. The predicted octanol–water partition coefficient (Wildman–Crippen LogP) is 6.47. The summed E-state index contributed by atoms with van der Waals surface area (Å²) in [6, 6.07) is 19.5. The summed E-state index contributed by atoms with van der Waals surface area (Å²) in [6.07, 6.45) is 1.45. The van der Waals surface area contributed by atoms with Crippen molar-refractivity contribution in [2.24, 2.45) is 4.99 Å². The van der Waals surface area contributed by atoms with E-state index in [1.165, 1.54) is 11.3 Å². The zero-order valence-corrected chi connectivity index (χ0v) is 26.4. The second kappa shape index (κ2) is 13.2. The summed E-state index contributed by atoms with van der Waals surface area (Å²) in [5.74, 6) is 0.786. The van der Waals surface area contributed by atoms with Crippen LogP contribution in [0.5, 0.6) is 11.5 Å². The molecule has 43 heavy (non-hydrogen) atoms. The summed E-state index contributed by atoms with van der Waals surface area (Å²) in [7, 11) is 0. The van der Waals surface area contributed by atoms with E-state index in [9.17, 15) is 9.59 Å². The maximum absolute atomic E-state index is 14.0. The Bertz CT molecular complexity index is 1880. The number of ether oxygens (including phenoxy) is 3. The van der Waals surface area contributed by atoms with E-state index >= 15 is 0 Å². The van der Waals surface area contributed by atoms with Crippen LogP contribution in [0.1, 0.15) is 50.4 Å². The van der Waals surface area contributed by atoms with Crippen LogP contribution in [0.3, 0.4) is 0 Å². The van der Waals surface area contributed by atoms with E-state index in [0.717, 1.165) is 16.7 Å². The maximum Gasteiger partial charge on any atom is 0.338 e. The summed E-state index contributed by atoms with van der Waals surface area (Å²) in [5.41, 5.74) is 2.87. The number of hydrogen-bond donors (Lipinski definition) is 0. The monoisotopic (exact) mass is 636 g/mol. The van der Waals surface area contributed by atoms with Crippen LogP contribution in [0, 0.1) is 0 Å². The fourth-order valence-corrected chi connectivity index (χ4v) is 6.11. The van der Waals surface area contributed by atoms with E-state index in [4.69, 9.17) is 37.4 Å². The number of para-hydroxylation sites is 1. The lowest BCUT2D eigenvalue weighted by Gasteiger charge is -2.25. The Kier molecular flexibility index (Phi) is 9.40. The van der Waals surface area contributed by atoms with Crippen molar-refractivity contribution in [2.45, 2.75) is 46.4 Å². The highest BCUT2D eigenvalue weighted by Gasteiger charge is 2.33. The average Bonchev–Trinajstić information content (AvgIpc) is 3.27. The van der Waals surface area contributed by atoms with E-state index in [2.05, 4.69) is 4.99 Å². The molecule has 10 heteroatoms. The predicted molar refractivity (Wildman–Crippen MR) is 170 cm³/mol. The number of aromatic nitrogens is 1. The number of benzene rings is 3. The SMILES string of the molecule is CCOc1ccc([C@H]2C(C(=O)OC(C)C)=C(C)N=c3s/c(=C/c4ccccc4OCc4ccc(Cl)c(Cl)c4)c(=O)n32)cc1. The fraction of sp³-hybridized carbons (Fsp3) is 0.242. The quantitative estimate of drug-likeness (QED) is 0.197. The van der Waals surface area contributed by atoms with Crippen LogP contribution in [0.15, 0.2) is 87.8 Å².